The average molecular weight is 347 g/mol. The minimum atomic E-state index is 0.119. The third kappa shape index (κ3) is 12.6. The summed E-state index contributed by atoms with van der Waals surface area (Å²) in [5, 5.41) is 2.95. The van der Waals surface area contributed by atoms with Gasteiger partial charge in [-0.3, -0.25) is 9.78 Å². The third-order valence-corrected chi connectivity index (χ3v) is 4.69. The number of anilines is 1. The number of amides is 1. The molecule has 0 aromatic carbocycles. The van der Waals surface area contributed by atoms with Gasteiger partial charge in [0.2, 0.25) is 5.91 Å². The van der Waals surface area contributed by atoms with E-state index in [1.807, 2.05) is 19.1 Å². The van der Waals surface area contributed by atoms with Crippen LogP contribution in [0, 0.1) is 6.92 Å². The fraction of sp³-hybridized carbons (Fsp3) is 0.727. The number of nitrogens with one attached hydrogen (secondary N) is 1. The second-order valence-electron chi connectivity index (χ2n) is 7.23. The highest BCUT2D eigenvalue weighted by atomic mass is 16.1. The summed E-state index contributed by atoms with van der Waals surface area (Å²) in [6.45, 7) is 4.20. The second kappa shape index (κ2) is 14.9. The van der Waals surface area contributed by atoms with Crippen LogP contribution in [0.5, 0.6) is 0 Å². The van der Waals surface area contributed by atoms with Gasteiger partial charge in [-0.25, -0.2) is 0 Å². The number of pyridine rings is 1. The van der Waals surface area contributed by atoms with Crippen molar-refractivity contribution in [2.75, 3.05) is 5.32 Å². The summed E-state index contributed by atoms with van der Waals surface area (Å²) in [5.74, 6) is 0.119. The molecule has 0 fully saturated rings. The average Bonchev–Trinajstić information content (AvgIpc) is 2.59. The Morgan fingerprint density at radius 1 is 0.880 bits per heavy atom. The molecule has 1 amide bonds. The Bertz CT molecular complexity index is 459. The van der Waals surface area contributed by atoms with Gasteiger partial charge in [0.1, 0.15) is 0 Å². The minimum absolute atomic E-state index is 0.119. The standard InChI is InChI=1S/C22H38N2O/c1-3-4-5-6-7-8-9-10-11-12-13-14-15-16-22(25)24-21-17-18-23-20(2)19-21/h17-19H,3-16H2,1-2H3,(H,23,24,25). The maximum absolute atomic E-state index is 11.9. The Labute approximate surface area is 155 Å². The first-order valence-corrected chi connectivity index (χ1v) is 10.4. The molecule has 142 valence electrons. The zero-order chi connectivity index (χ0) is 18.2. The Morgan fingerprint density at radius 3 is 1.92 bits per heavy atom. The van der Waals surface area contributed by atoms with Gasteiger partial charge in [0.15, 0.2) is 0 Å². The van der Waals surface area contributed by atoms with Crippen molar-refractivity contribution < 1.29 is 4.79 Å². The number of aromatic nitrogens is 1. The van der Waals surface area contributed by atoms with Crippen molar-refractivity contribution in [2.45, 2.75) is 104 Å². The molecule has 3 nitrogen and oxygen atoms in total. The zero-order valence-electron chi connectivity index (χ0n) is 16.5. The smallest absolute Gasteiger partial charge is 0.224 e. The van der Waals surface area contributed by atoms with Crippen LogP contribution in [0.15, 0.2) is 18.3 Å². The van der Waals surface area contributed by atoms with E-state index < -0.39 is 0 Å². The van der Waals surface area contributed by atoms with E-state index in [4.69, 9.17) is 0 Å². The van der Waals surface area contributed by atoms with E-state index in [0.29, 0.717) is 6.42 Å². The summed E-state index contributed by atoms with van der Waals surface area (Å²) in [5.41, 5.74) is 1.78. The van der Waals surface area contributed by atoms with Crippen molar-refractivity contribution in [1.82, 2.24) is 4.98 Å². The van der Waals surface area contributed by atoms with Gasteiger partial charge in [0.25, 0.3) is 0 Å². The predicted octanol–water partition coefficient (Wildman–Crippen LogP) is 6.81. The minimum Gasteiger partial charge on any atom is -0.326 e. The first kappa shape index (κ1) is 21.7. The molecule has 1 aromatic heterocycles. The van der Waals surface area contributed by atoms with Crippen molar-refractivity contribution >= 4 is 11.6 Å². The quantitative estimate of drug-likeness (QED) is 0.354. The van der Waals surface area contributed by atoms with Crippen LogP contribution >= 0.6 is 0 Å². The van der Waals surface area contributed by atoms with Crippen LogP contribution in [-0.4, -0.2) is 10.9 Å². The van der Waals surface area contributed by atoms with Gasteiger partial charge >= 0.3 is 0 Å². The Kier molecular flexibility index (Phi) is 12.9. The van der Waals surface area contributed by atoms with Crippen molar-refractivity contribution in [1.29, 1.82) is 0 Å². The van der Waals surface area contributed by atoms with E-state index in [2.05, 4.69) is 17.2 Å². The molecule has 1 aromatic rings. The molecule has 25 heavy (non-hydrogen) atoms. The van der Waals surface area contributed by atoms with Crippen molar-refractivity contribution in [3.8, 4) is 0 Å². The van der Waals surface area contributed by atoms with Crippen molar-refractivity contribution in [2.24, 2.45) is 0 Å². The Hall–Kier alpha value is -1.38. The van der Waals surface area contributed by atoms with Gasteiger partial charge in [0, 0.05) is 24.0 Å². The van der Waals surface area contributed by atoms with Crippen LogP contribution < -0.4 is 5.32 Å². The van der Waals surface area contributed by atoms with Crippen LogP contribution in [0.3, 0.4) is 0 Å². The van der Waals surface area contributed by atoms with E-state index in [9.17, 15) is 4.79 Å². The molecule has 0 unspecified atom stereocenters. The lowest BCUT2D eigenvalue weighted by atomic mass is 10.0. The van der Waals surface area contributed by atoms with E-state index in [1.54, 1.807) is 6.20 Å². The number of rotatable bonds is 15. The van der Waals surface area contributed by atoms with E-state index >= 15 is 0 Å². The number of unbranched alkanes of at least 4 members (excludes halogenated alkanes) is 12. The normalized spacial score (nSPS) is 10.8. The van der Waals surface area contributed by atoms with Gasteiger partial charge in [-0.2, -0.15) is 0 Å². The fourth-order valence-corrected chi connectivity index (χ4v) is 3.15. The topological polar surface area (TPSA) is 42.0 Å². The maximum atomic E-state index is 11.9. The summed E-state index contributed by atoms with van der Waals surface area (Å²) in [6.07, 6.45) is 19.7. The summed E-state index contributed by atoms with van der Waals surface area (Å²) in [4.78, 5) is 16.0. The third-order valence-electron chi connectivity index (χ3n) is 4.69. The van der Waals surface area contributed by atoms with Crippen molar-refractivity contribution in [3.63, 3.8) is 0 Å². The zero-order valence-corrected chi connectivity index (χ0v) is 16.5. The molecule has 0 saturated carbocycles. The molecule has 0 spiro atoms. The summed E-state index contributed by atoms with van der Waals surface area (Å²) >= 11 is 0. The summed E-state index contributed by atoms with van der Waals surface area (Å²) in [7, 11) is 0. The highest BCUT2D eigenvalue weighted by molar-refractivity contribution is 5.90. The molecular formula is C22H38N2O. The molecule has 1 heterocycles. The number of carbonyl (C=O) groups excluding carboxylic acids is 1. The van der Waals surface area contributed by atoms with Crippen LogP contribution in [0.1, 0.15) is 103 Å². The summed E-state index contributed by atoms with van der Waals surface area (Å²) in [6, 6.07) is 3.75. The molecule has 0 saturated heterocycles. The molecule has 0 bridgehead atoms. The molecule has 1 rings (SSSR count). The number of carbonyl (C=O) groups is 1. The predicted molar refractivity (Wildman–Crippen MR) is 108 cm³/mol. The van der Waals surface area contributed by atoms with Crippen LogP contribution in [-0.2, 0) is 4.79 Å². The number of aryl methyl sites for hydroxylation is 1. The number of nitrogens with zero attached hydrogens (tertiary/aromatic N) is 1. The lowest BCUT2D eigenvalue weighted by molar-refractivity contribution is -0.116. The first-order chi connectivity index (χ1) is 12.2. The Balaban J connectivity index is 1.86. The van der Waals surface area contributed by atoms with Crippen molar-refractivity contribution in [3.05, 3.63) is 24.0 Å². The fourth-order valence-electron chi connectivity index (χ4n) is 3.15. The van der Waals surface area contributed by atoms with E-state index in [-0.39, 0.29) is 5.91 Å². The SMILES string of the molecule is CCCCCCCCCCCCCCCC(=O)Nc1ccnc(C)c1. The Morgan fingerprint density at radius 2 is 1.40 bits per heavy atom. The van der Waals surface area contributed by atoms with Gasteiger partial charge in [0.05, 0.1) is 0 Å². The molecule has 1 N–H and O–H groups in total. The van der Waals surface area contributed by atoms with Crippen LogP contribution in [0.2, 0.25) is 0 Å². The molecule has 0 aliphatic carbocycles. The lowest BCUT2D eigenvalue weighted by Crippen LogP contribution is -2.11. The van der Waals surface area contributed by atoms with Crippen LogP contribution in [0.25, 0.3) is 0 Å². The molecule has 3 heteroatoms. The highest BCUT2D eigenvalue weighted by Gasteiger charge is 2.02. The van der Waals surface area contributed by atoms with E-state index in [1.165, 1.54) is 77.0 Å². The van der Waals surface area contributed by atoms with Gasteiger partial charge in [-0.05, 0) is 25.5 Å². The van der Waals surface area contributed by atoms with E-state index in [0.717, 1.165) is 17.8 Å². The molecule has 0 aliphatic rings. The molecule has 0 radical (unpaired) electrons. The lowest BCUT2D eigenvalue weighted by Gasteiger charge is -2.06. The second-order valence-corrected chi connectivity index (χ2v) is 7.23. The molecule has 0 aliphatic heterocycles. The summed E-state index contributed by atoms with van der Waals surface area (Å²) < 4.78 is 0. The van der Waals surface area contributed by atoms with Crippen LogP contribution in [0.4, 0.5) is 5.69 Å². The monoisotopic (exact) mass is 346 g/mol. The largest absolute Gasteiger partial charge is 0.326 e. The number of hydrogen-bond donors (Lipinski definition) is 1. The molecule has 0 atom stereocenters. The highest BCUT2D eigenvalue weighted by Crippen LogP contribution is 2.13. The first-order valence-electron chi connectivity index (χ1n) is 10.4. The maximum Gasteiger partial charge on any atom is 0.224 e. The van der Waals surface area contributed by atoms with Gasteiger partial charge < -0.3 is 5.32 Å². The van der Waals surface area contributed by atoms with Gasteiger partial charge in [-0.1, -0.05) is 84.0 Å². The van der Waals surface area contributed by atoms with Gasteiger partial charge in [-0.15, -0.1) is 0 Å². The molecular weight excluding hydrogens is 308 g/mol. The number of hydrogen-bond acceptors (Lipinski definition) is 2.